The molecule has 5 nitrogen and oxygen atoms in total. The van der Waals surface area contributed by atoms with Gasteiger partial charge in [0.15, 0.2) is 5.76 Å². The smallest absolute Gasteiger partial charge is 0.287 e. The van der Waals surface area contributed by atoms with E-state index in [1.165, 1.54) is 6.26 Å². The van der Waals surface area contributed by atoms with E-state index in [9.17, 15) is 4.79 Å². The summed E-state index contributed by atoms with van der Waals surface area (Å²) < 4.78 is 7.08. The van der Waals surface area contributed by atoms with E-state index >= 15 is 0 Å². The maximum Gasteiger partial charge on any atom is 0.287 e. The summed E-state index contributed by atoms with van der Waals surface area (Å²) in [5.41, 5.74) is 3.17. The van der Waals surface area contributed by atoms with Crippen molar-refractivity contribution in [2.45, 2.75) is 19.9 Å². The van der Waals surface area contributed by atoms with E-state index in [2.05, 4.69) is 21.9 Å². The third-order valence-corrected chi connectivity index (χ3v) is 4.17. The summed E-state index contributed by atoms with van der Waals surface area (Å²) in [5.74, 6) is 0.101. The highest BCUT2D eigenvalue weighted by Crippen LogP contribution is 2.22. The van der Waals surface area contributed by atoms with Gasteiger partial charge in [0.1, 0.15) is 0 Å². The Kier molecular flexibility index (Phi) is 4.11. The first-order chi connectivity index (χ1) is 10.6. The molecule has 114 valence electrons. The predicted molar refractivity (Wildman–Crippen MR) is 85.2 cm³/mol. The van der Waals surface area contributed by atoms with Gasteiger partial charge in [-0.3, -0.25) is 9.48 Å². The monoisotopic (exact) mass is 315 g/mol. The fraction of sp³-hybridized carbons (Fsp3) is 0.250. The quantitative estimate of drug-likeness (QED) is 0.786. The highest BCUT2D eigenvalue weighted by atomic mass is 32.1. The van der Waals surface area contributed by atoms with Gasteiger partial charge in [0.05, 0.1) is 18.0 Å². The predicted octanol–water partition coefficient (Wildman–Crippen LogP) is 3.17. The van der Waals surface area contributed by atoms with Gasteiger partial charge >= 0.3 is 0 Å². The van der Waals surface area contributed by atoms with E-state index < -0.39 is 0 Å². The lowest BCUT2D eigenvalue weighted by Crippen LogP contribution is -2.31. The first kappa shape index (κ1) is 14.6. The topological polar surface area (TPSA) is 60.1 Å². The lowest BCUT2D eigenvalue weighted by molar-refractivity contribution is 0.0921. The number of hydrogen-bond donors (Lipinski definition) is 1. The molecule has 22 heavy (non-hydrogen) atoms. The zero-order chi connectivity index (χ0) is 15.5. The summed E-state index contributed by atoms with van der Waals surface area (Å²) in [4.78, 5) is 12.1. The third kappa shape index (κ3) is 2.96. The molecule has 3 aromatic heterocycles. The van der Waals surface area contributed by atoms with Gasteiger partial charge in [0, 0.05) is 12.2 Å². The van der Waals surface area contributed by atoms with Crippen molar-refractivity contribution >= 4 is 17.2 Å². The van der Waals surface area contributed by atoms with E-state index in [-0.39, 0.29) is 11.9 Å². The van der Waals surface area contributed by atoms with Crippen molar-refractivity contribution in [3.63, 3.8) is 0 Å². The minimum atomic E-state index is -0.216. The van der Waals surface area contributed by atoms with Gasteiger partial charge in [0.25, 0.3) is 5.91 Å². The molecule has 1 atom stereocenters. The number of hydrogen-bond acceptors (Lipinski definition) is 4. The number of furan rings is 1. The minimum Gasteiger partial charge on any atom is -0.459 e. The van der Waals surface area contributed by atoms with Crippen LogP contribution in [0, 0.1) is 13.8 Å². The van der Waals surface area contributed by atoms with Gasteiger partial charge in [-0.05, 0) is 54.4 Å². The molecule has 0 fully saturated rings. The molecule has 0 unspecified atom stereocenters. The average Bonchev–Trinajstić information content (AvgIpc) is 3.22. The number of aryl methyl sites for hydroxylation is 2. The largest absolute Gasteiger partial charge is 0.459 e. The van der Waals surface area contributed by atoms with Crippen molar-refractivity contribution in [1.82, 2.24) is 15.1 Å². The first-order valence-electron chi connectivity index (χ1n) is 7.01. The van der Waals surface area contributed by atoms with Crippen molar-refractivity contribution in [2.75, 3.05) is 6.54 Å². The SMILES string of the molecule is Cc1cc(C)n([C@H](CNC(=O)c2ccco2)c2ccsc2)n1. The minimum absolute atomic E-state index is 0.0288. The number of rotatable bonds is 5. The molecule has 1 amide bonds. The van der Waals surface area contributed by atoms with Crippen molar-refractivity contribution in [3.05, 3.63) is 64.0 Å². The molecular weight excluding hydrogens is 298 g/mol. The van der Waals surface area contributed by atoms with Crippen molar-refractivity contribution < 1.29 is 9.21 Å². The molecular formula is C16H17N3O2S. The van der Waals surface area contributed by atoms with Gasteiger partial charge in [-0.2, -0.15) is 16.4 Å². The summed E-state index contributed by atoms with van der Waals surface area (Å²) in [6.45, 7) is 4.45. The van der Waals surface area contributed by atoms with Crippen LogP contribution in [0.3, 0.4) is 0 Å². The molecule has 0 aliphatic rings. The molecule has 3 aromatic rings. The van der Waals surface area contributed by atoms with Gasteiger partial charge in [-0.25, -0.2) is 0 Å². The van der Waals surface area contributed by atoms with E-state index in [0.29, 0.717) is 12.3 Å². The molecule has 3 heterocycles. The second-order valence-electron chi connectivity index (χ2n) is 5.13. The van der Waals surface area contributed by atoms with Crippen LogP contribution in [0.1, 0.15) is 33.5 Å². The summed E-state index contributed by atoms with van der Waals surface area (Å²) in [5, 5.41) is 11.6. The highest BCUT2D eigenvalue weighted by Gasteiger charge is 2.19. The molecule has 0 radical (unpaired) electrons. The van der Waals surface area contributed by atoms with Crippen LogP contribution >= 0.6 is 11.3 Å². The Morgan fingerprint density at radius 3 is 2.91 bits per heavy atom. The molecule has 0 aliphatic carbocycles. The van der Waals surface area contributed by atoms with E-state index in [4.69, 9.17) is 4.42 Å². The fourth-order valence-corrected chi connectivity index (χ4v) is 3.16. The fourth-order valence-electron chi connectivity index (χ4n) is 2.46. The Bertz CT molecular complexity index is 745. The van der Waals surface area contributed by atoms with Crippen molar-refractivity contribution in [3.8, 4) is 0 Å². The molecule has 3 rings (SSSR count). The molecule has 0 bridgehead atoms. The van der Waals surface area contributed by atoms with E-state index in [1.807, 2.05) is 30.0 Å². The number of aromatic nitrogens is 2. The number of amides is 1. The van der Waals surface area contributed by atoms with E-state index in [1.54, 1.807) is 23.5 Å². The van der Waals surface area contributed by atoms with Crippen molar-refractivity contribution in [2.24, 2.45) is 0 Å². The standard InChI is InChI=1S/C16H17N3O2S/c1-11-8-12(2)19(18-11)14(13-5-7-22-10-13)9-17-16(20)15-4-3-6-21-15/h3-8,10,14H,9H2,1-2H3,(H,17,20)/t14-/m1/s1. The van der Waals surface area contributed by atoms with Crippen LogP contribution in [0.15, 0.2) is 45.7 Å². The lowest BCUT2D eigenvalue weighted by atomic mass is 10.1. The summed E-state index contributed by atoms with van der Waals surface area (Å²) >= 11 is 1.63. The Hall–Kier alpha value is -2.34. The molecule has 0 aliphatic heterocycles. The number of nitrogens with zero attached hydrogens (tertiary/aromatic N) is 2. The van der Waals surface area contributed by atoms with Crippen LogP contribution in [0.2, 0.25) is 0 Å². The molecule has 0 aromatic carbocycles. The zero-order valence-electron chi connectivity index (χ0n) is 12.4. The number of carbonyl (C=O) groups is 1. The Morgan fingerprint density at radius 1 is 1.45 bits per heavy atom. The van der Waals surface area contributed by atoms with Crippen molar-refractivity contribution in [1.29, 1.82) is 0 Å². The Morgan fingerprint density at radius 2 is 2.32 bits per heavy atom. The average molecular weight is 315 g/mol. The van der Waals surface area contributed by atoms with Crippen LogP contribution in [0.5, 0.6) is 0 Å². The molecule has 0 saturated carbocycles. The van der Waals surface area contributed by atoms with Gasteiger partial charge < -0.3 is 9.73 Å². The van der Waals surface area contributed by atoms with E-state index in [0.717, 1.165) is 17.0 Å². The van der Waals surface area contributed by atoms with Crippen LogP contribution in [0.25, 0.3) is 0 Å². The Labute approximate surface area is 132 Å². The second kappa shape index (κ2) is 6.19. The first-order valence-corrected chi connectivity index (χ1v) is 7.96. The summed E-state index contributed by atoms with van der Waals surface area (Å²) in [6, 6.07) is 7.42. The van der Waals surface area contributed by atoms with Crippen LogP contribution in [-0.4, -0.2) is 22.2 Å². The summed E-state index contributed by atoms with van der Waals surface area (Å²) in [7, 11) is 0. The zero-order valence-corrected chi connectivity index (χ0v) is 13.3. The van der Waals surface area contributed by atoms with Crippen LogP contribution in [0.4, 0.5) is 0 Å². The summed E-state index contributed by atoms with van der Waals surface area (Å²) in [6.07, 6.45) is 1.49. The Balaban J connectivity index is 1.81. The molecule has 0 saturated heterocycles. The normalized spacial score (nSPS) is 12.3. The molecule has 1 N–H and O–H groups in total. The van der Waals surface area contributed by atoms with Gasteiger partial charge in [-0.1, -0.05) is 0 Å². The third-order valence-electron chi connectivity index (χ3n) is 3.47. The van der Waals surface area contributed by atoms with Crippen LogP contribution < -0.4 is 5.32 Å². The maximum absolute atomic E-state index is 12.1. The molecule has 6 heteroatoms. The maximum atomic E-state index is 12.1. The van der Waals surface area contributed by atoms with Gasteiger partial charge in [-0.15, -0.1) is 0 Å². The second-order valence-corrected chi connectivity index (χ2v) is 5.91. The molecule has 0 spiro atoms. The number of carbonyl (C=O) groups excluding carboxylic acids is 1. The number of nitrogens with one attached hydrogen (secondary N) is 1. The lowest BCUT2D eigenvalue weighted by Gasteiger charge is -2.19. The van der Waals surface area contributed by atoms with Crippen LogP contribution in [-0.2, 0) is 0 Å². The number of thiophene rings is 1. The van der Waals surface area contributed by atoms with Gasteiger partial charge in [0.2, 0.25) is 0 Å². The highest BCUT2D eigenvalue weighted by molar-refractivity contribution is 7.07.